The summed E-state index contributed by atoms with van der Waals surface area (Å²) < 4.78 is 52.9. The quantitative estimate of drug-likeness (QED) is 0.692. The molecule has 2 aromatic rings. The number of ether oxygens (including phenoxy) is 2. The average Bonchev–Trinajstić information content (AvgIpc) is 3.24. The van der Waals surface area contributed by atoms with Gasteiger partial charge in [0.1, 0.15) is 5.92 Å². The molecule has 3 atom stereocenters. The van der Waals surface area contributed by atoms with E-state index in [-0.39, 0.29) is 26.8 Å². The van der Waals surface area contributed by atoms with Gasteiger partial charge in [0.15, 0.2) is 17.3 Å². The number of carbonyl (C=O) groups excluding carboxylic acids is 2. The summed E-state index contributed by atoms with van der Waals surface area (Å²) in [7, 11) is 3.41. The van der Waals surface area contributed by atoms with Gasteiger partial charge in [0.25, 0.3) is 5.72 Å². The van der Waals surface area contributed by atoms with Gasteiger partial charge in [0.2, 0.25) is 0 Å². The zero-order valence-corrected chi connectivity index (χ0v) is 17.0. The number of para-hydroxylation sites is 1. The molecule has 1 aliphatic heterocycles. The molecule has 1 saturated heterocycles. The van der Waals surface area contributed by atoms with Crippen molar-refractivity contribution in [2.75, 3.05) is 21.3 Å². The van der Waals surface area contributed by atoms with Gasteiger partial charge in [-0.05, 0) is 17.5 Å². The average molecular weight is 444 g/mol. The molecule has 0 spiro atoms. The van der Waals surface area contributed by atoms with Crippen molar-refractivity contribution in [1.29, 1.82) is 0 Å². The second-order valence-electron chi connectivity index (χ2n) is 6.61. The van der Waals surface area contributed by atoms with Gasteiger partial charge >= 0.3 is 12.2 Å². The smallest absolute Gasteiger partial charge is 0.437 e. The van der Waals surface area contributed by atoms with E-state index < -0.39 is 35.7 Å². The molecule has 2 heterocycles. The number of amides is 2. The predicted octanol–water partition coefficient (Wildman–Crippen LogP) is 3.21. The number of hydrogen-bond donors (Lipinski definition) is 2. The highest BCUT2D eigenvalue weighted by molar-refractivity contribution is 7.12. The highest BCUT2D eigenvalue weighted by atomic mass is 32.1. The third-order valence-corrected chi connectivity index (χ3v) is 5.98. The summed E-state index contributed by atoms with van der Waals surface area (Å²) in [6, 6.07) is 4.55. The molecule has 0 unspecified atom stereocenters. The number of nitrogens with one attached hydrogen (secondary N) is 1. The van der Waals surface area contributed by atoms with E-state index in [9.17, 15) is 27.9 Å². The Balaban J connectivity index is 2.27. The van der Waals surface area contributed by atoms with Gasteiger partial charge in [-0.25, -0.2) is 4.79 Å². The first-order valence-corrected chi connectivity index (χ1v) is 9.57. The van der Waals surface area contributed by atoms with E-state index in [1.54, 1.807) is 0 Å². The minimum atomic E-state index is -5.32. The number of rotatable bonds is 5. The summed E-state index contributed by atoms with van der Waals surface area (Å²) >= 11 is 0.938. The van der Waals surface area contributed by atoms with E-state index >= 15 is 0 Å². The Labute approximate surface area is 174 Å². The van der Waals surface area contributed by atoms with Crippen molar-refractivity contribution in [1.82, 2.24) is 10.2 Å². The highest BCUT2D eigenvalue weighted by Gasteiger charge is 2.69. The Morgan fingerprint density at radius 1 is 1.23 bits per heavy atom. The van der Waals surface area contributed by atoms with Crippen molar-refractivity contribution in [2.24, 2.45) is 5.92 Å². The SMILES string of the molecule is COc1cccc([C@@H]2NC(=O)N(C)[C@](O)(C(F)(F)F)[C@@H]2C(=O)c2cccs2)c1OC. The van der Waals surface area contributed by atoms with Crippen molar-refractivity contribution in [3.63, 3.8) is 0 Å². The number of aliphatic hydroxyl groups is 1. The first-order valence-electron chi connectivity index (χ1n) is 8.70. The minimum Gasteiger partial charge on any atom is -0.493 e. The van der Waals surface area contributed by atoms with Gasteiger partial charge in [0.05, 0.1) is 25.1 Å². The number of nitrogens with zero attached hydrogens (tertiary/aromatic N) is 1. The summed E-state index contributed by atoms with van der Waals surface area (Å²) in [6.07, 6.45) is -5.32. The standard InChI is InChI=1S/C19H19F3N2O5S/c1-24-17(26)23-14(10-6-4-7-11(28-2)16(10)29-3)13(18(24,27)19(20,21)22)15(25)12-8-5-9-30-12/h4-9,13-14,27H,1-3H3,(H,23,26)/t13-,14-,18+/m0/s1. The van der Waals surface area contributed by atoms with Gasteiger partial charge in [-0.3, -0.25) is 9.69 Å². The number of hydrogen-bond acceptors (Lipinski definition) is 6. The first kappa shape index (κ1) is 21.9. The van der Waals surface area contributed by atoms with Crippen LogP contribution in [0.5, 0.6) is 11.5 Å². The largest absolute Gasteiger partial charge is 0.493 e. The van der Waals surface area contributed by atoms with Crippen molar-refractivity contribution >= 4 is 23.2 Å². The maximum atomic E-state index is 14.1. The molecule has 1 fully saturated rings. The van der Waals surface area contributed by atoms with Crippen LogP contribution in [-0.2, 0) is 0 Å². The summed E-state index contributed by atoms with van der Waals surface area (Å²) in [5.41, 5.74) is -3.69. The Morgan fingerprint density at radius 2 is 1.93 bits per heavy atom. The molecule has 1 aliphatic rings. The van der Waals surface area contributed by atoms with Crippen LogP contribution in [-0.4, -0.2) is 55.0 Å². The summed E-state index contributed by atoms with van der Waals surface area (Å²) in [6.45, 7) is 0. The van der Waals surface area contributed by atoms with E-state index in [0.29, 0.717) is 0 Å². The number of urea groups is 1. The van der Waals surface area contributed by atoms with Gasteiger partial charge in [-0.1, -0.05) is 18.2 Å². The third kappa shape index (κ3) is 3.27. The number of benzene rings is 1. The molecule has 7 nitrogen and oxygen atoms in total. The molecule has 162 valence electrons. The number of methoxy groups -OCH3 is 2. The van der Waals surface area contributed by atoms with Gasteiger partial charge in [0, 0.05) is 12.6 Å². The highest BCUT2D eigenvalue weighted by Crippen LogP contribution is 2.50. The minimum absolute atomic E-state index is 0.0130. The summed E-state index contributed by atoms with van der Waals surface area (Å²) in [5.74, 6) is -2.84. The molecule has 1 aromatic carbocycles. The fourth-order valence-electron chi connectivity index (χ4n) is 3.60. The van der Waals surface area contributed by atoms with Crippen LogP contribution in [0.25, 0.3) is 0 Å². The van der Waals surface area contributed by atoms with Crippen LogP contribution in [0.3, 0.4) is 0 Å². The lowest BCUT2D eigenvalue weighted by molar-refractivity contribution is -0.322. The zero-order valence-electron chi connectivity index (χ0n) is 16.2. The predicted molar refractivity (Wildman–Crippen MR) is 102 cm³/mol. The van der Waals surface area contributed by atoms with E-state index in [2.05, 4.69) is 5.32 Å². The molecule has 11 heteroatoms. The van der Waals surface area contributed by atoms with Crippen LogP contribution in [0.2, 0.25) is 0 Å². The lowest BCUT2D eigenvalue weighted by atomic mass is 9.77. The monoisotopic (exact) mass is 444 g/mol. The van der Waals surface area contributed by atoms with Crippen molar-refractivity contribution in [2.45, 2.75) is 17.9 Å². The second kappa shape index (κ2) is 7.80. The molecule has 3 rings (SSSR count). The number of halogens is 3. The van der Waals surface area contributed by atoms with Gasteiger partial charge in [-0.2, -0.15) is 13.2 Å². The molecule has 0 radical (unpaired) electrons. The van der Waals surface area contributed by atoms with Crippen LogP contribution in [0, 0.1) is 5.92 Å². The Hall–Kier alpha value is -2.79. The van der Waals surface area contributed by atoms with Crippen LogP contribution in [0.15, 0.2) is 35.7 Å². The normalized spacial score (nSPS) is 24.4. The zero-order chi connectivity index (χ0) is 22.3. The second-order valence-corrected chi connectivity index (χ2v) is 7.56. The number of alkyl halides is 3. The van der Waals surface area contributed by atoms with Gasteiger partial charge < -0.3 is 19.9 Å². The Kier molecular flexibility index (Phi) is 5.70. The summed E-state index contributed by atoms with van der Waals surface area (Å²) in [4.78, 5) is 25.8. The molecule has 0 saturated carbocycles. The first-order chi connectivity index (χ1) is 14.1. The van der Waals surface area contributed by atoms with E-state index in [0.717, 1.165) is 18.4 Å². The lowest BCUT2D eigenvalue weighted by Gasteiger charge is -2.49. The number of ketones is 1. The van der Waals surface area contributed by atoms with Crippen molar-refractivity contribution in [3.05, 3.63) is 46.2 Å². The number of Topliss-reactive ketones (excluding diaryl/α,β-unsaturated/α-hetero) is 1. The van der Waals surface area contributed by atoms with Gasteiger partial charge in [-0.15, -0.1) is 11.3 Å². The molecule has 0 aliphatic carbocycles. The van der Waals surface area contributed by atoms with Crippen molar-refractivity contribution < 1.29 is 37.3 Å². The molecule has 30 heavy (non-hydrogen) atoms. The van der Waals surface area contributed by atoms with Crippen LogP contribution in [0.1, 0.15) is 21.3 Å². The fourth-order valence-corrected chi connectivity index (χ4v) is 4.30. The van der Waals surface area contributed by atoms with Crippen molar-refractivity contribution in [3.8, 4) is 11.5 Å². The van der Waals surface area contributed by atoms with Crippen LogP contribution in [0.4, 0.5) is 18.0 Å². The number of carbonyl (C=O) groups is 2. The molecule has 1 aromatic heterocycles. The van der Waals surface area contributed by atoms with E-state index in [1.165, 1.54) is 49.9 Å². The van der Waals surface area contributed by atoms with Crippen LogP contribution < -0.4 is 14.8 Å². The third-order valence-electron chi connectivity index (χ3n) is 5.09. The molecular formula is C19H19F3N2O5S. The molecular weight excluding hydrogens is 425 g/mol. The van der Waals surface area contributed by atoms with E-state index in [4.69, 9.17) is 9.47 Å². The lowest BCUT2D eigenvalue weighted by Crippen LogP contribution is -2.72. The Bertz CT molecular complexity index is 950. The van der Waals surface area contributed by atoms with E-state index in [1.807, 2.05) is 0 Å². The molecule has 2 N–H and O–H groups in total. The summed E-state index contributed by atoms with van der Waals surface area (Å²) in [5, 5.41) is 14.8. The van der Waals surface area contributed by atoms with Crippen LogP contribution >= 0.6 is 11.3 Å². The fraction of sp³-hybridized carbons (Fsp3) is 0.368. The molecule has 2 amide bonds. The maximum absolute atomic E-state index is 14.1. The Morgan fingerprint density at radius 3 is 2.47 bits per heavy atom. The maximum Gasteiger partial charge on any atom is 0.437 e. The topological polar surface area (TPSA) is 88.1 Å². The number of thiophene rings is 1. The molecule has 0 bridgehead atoms.